The van der Waals surface area contributed by atoms with Crippen LogP contribution < -0.4 is 10.1 Å². The van der Waals surface area contributed by atoms with Gasteiger partial charge in [-0.15, -0.1) is 0 Å². The minimum atomic E-state index is -0.485. The van der Waals surface area contributed by atoms with Crippen molar-refractivity contribution in [2.75, 3.05) is 25.9 Å². The summed E-state index contributed by atoms with van der Waals surface area (Å²) in [6.45, 7) is 2.87. The number of rotatable bonds is 6. The fraction of sp³-hybridized carbons (Fsp3) is 0.583. The molecule has 2 aliphatic carbocycles. The summed E-state index contributed by atoms with van der Waals surface area (Å²) in [5.41, 5.74) is 2.93. The quantitative estimate of drug-likeness (QED) is 0.342. The molecule has 1 saturated heterocycles. The largest absolute Gasteiger partial charge is 0.504 e. The van der Waals surface area contributed by atoms with E-state index in [1.165, 1.54) is 12.5 Å². The Morgan fingerprint density at radius 3 is 2.97 bits per heavy atom. The molecule has 0 radical (unpaired) electrons. The van der Waals surface area contributed by atoms with Gasteiger partial charge in [0.15, 0.2) is 17.6 Å². The van der Waals surface area contributed by atoms with Crippen LogP contribution in [-0.4, -0.2) is 66.0 Å². The number of hydrogen-bond donors (Lipinski definition) is 3. The lowest BCUT2D eigenvalue weighted by Gasteiger charge is -2.56. The highest BCUT2D eigenvalue weighted by atomic mass is 32.1. The van der Waals surface area contributed by atoms with E-state index in [-0.39, 0.29) is 35.1 Å². The number of aryl methyl sites for hydroxylation is 1. The summed E-state index contributed by atoms with van der Waals surface area (Å²) in [5.74, 6) is 1.11. The molecule has 1 amide bonds. The molecule has 7 nitrogen and oxygen atoms in total. The monoisotopic (exact) mass is 458 g/mol. The van der Waals surface area contributed by atoms with Gasteiger partial charge in [0.2, 0.25) is 5.91 Å². The fourth-order valence-electron chi connectivity index (χ4n) is 6.43. The van der Waals surface area contributed by atoms with E-state index >= 15 is 0 Å². The molecule has 1 spiro atoms. The predicted molar refractivity (Wildman–Crippen MR) is 122 cm³/mol. The van der Waals surface area contributed by atoms with Gasteiger partial charge in [-0.05, 0) is 56.1 Å². The van der Waals surface area contributed by atoms with Crippen molar-refractivity contribution in [3.63, 3.8) is 0 Å². The number of nitrogens with one attached hydrogen (secondary N) is 1. The van der Waals surface area contributed by atoms with E-state index in [1.54, 1.807) is 6.07 Å². The van der Waals surface area contributed by atoms with Gasteiger partial charge >= 0.3 is 5.97 Å². The highest BCUT2D eigenvalue weighted by Crippen LogP contribution is 2.63. The van der Waals surface area contributed by atoms with E-state index in [0.29, 0.717) is 36.9 Å². The highest BCUT2D eigenvalue weighted by molar-refractivity contribution is 7.80. The van der Waals surface area contributed by atoms with Crippen molar-refractivity contribution in [1.82, 2.24) is 10.2 Å². The Kier molecular flexibility index (Phi) is 5.40. The van der Waals surface area contributed by atoms with Crippen LogP contribution in [0.5, 0.6) is 11.5 Å². The molecule has 2 N–H and O–H groups in total. The minimum Gasteiger partial charge on any atom is -0.504 e. The summed E-state index contributed by atoms with van der Waals surface area (Å²) >= 11 is 4.14. The van der Waals surface area contributed by atoms with Gasteiger partial charge in [0.05, 0.1) is 0 Å². The van der Waals surface area contributed by atoms with Crippen molar-refractivity contribution < 1.29 is 24.2 Å². The normalized spacial score (nSPS) is 31.6. The highest BCUT2D eigenvalue weighted by Gasteiger charge is 2.65. The molecular formula is C24H30N2O5S. The Balaban J connectivity index is 1.58. The molecule has 4 aliphatic rings. The van der Waals surface area contributed by atoms with Crippen LogP contribution in [0.4, 0.5) is 0 Å². The van der Waals surface area contributed by atoms with E-state index in [1.807, 2.05) is 6.08 Å². The molecular weight excluding hydrogens is 428 g/mol. The number of carbonyl (C=O) groups excluding carboxylic acids is 2. The zero-order valence-corrected chi connectivity index (χ0v) is 19.4. The van der Waals surface area contributed by atoms with Crippen LogP contribution in [0.1, 0.15) is 36.5 Å². The van der Waals surface area contributed by atoms with Gasteiger partial charge in [-0.3, -0.25) is 9.59 Å². The number of benzene rings is 1. The molecule has 32 heavy (non-hydrogen) atoms. The zero-order valence-electron chi connectivity index (χ0n) is 18.5. The number of ether oxygens (including phenoxy) is 2. The summed E-state index contributed by atoms with van der Waals surface area (Å²) in [7, 11) is 2.16. The van der Waals surface area contributed by atoms with Crippen LogP contribution in [0.2, 0.25) is 0 Å². The first-order chi connectivity index (χ1) is 15.4. The lowest BCUT2D eigenvalue weighted by atomic mass is 9.53. The number of thiol groups is 1. The van der Waals surface area contributed by atoms with Crippen LogP contribution in [0.15, 0.2) is 18.2 Å². The zero-order chi connectivity index (χ0) is 22.6. The summed E-state index contributed by atoms with van der Waals surface area (Å²) in [5, 5.41) is 13.8. The second kappa shape index (κ2) is 7.99. The number of hydrogen-bond acceptors (Lipinski definition) is 7. The molecule has 5 rings (SSSR count). The van der Waals surface area contributed by atoms with Crippen molar-refractivity contribution in [2.45, 2.75) is 56.3 Å². The molecule has 1 aromatic rings. The number of esters is 1. The number of phenols is 1. The van der Waals surface area contributed by atoms with E-state index in [4.69, 9.17) is 9.47 Å². The minimum absolute atomic E-state index is 0.0138. The Labute approximate surface area is 193 Å². The summed E-state index contributed by atoms with van der Waals surface area (Å²) in [6, 6.07) is 2.06. The third-order valence-electron chi connectivity index (χ3n) is 7.71. The van der Waals surface area contributed by atoms with Crippen LogP contribution in [-0.2, 0) is 32.6 Å². The number of nitrogens with zero attached hydrogens (tertiary/aromatic N) is 1. The van der Waals surface area contributed by atoms with Crippen molar-refractivity contribution in [3.05, 3.63) is 34.9 Å². The van der Waals surface area contributed by atoms with Crippen molar-refractivity contribution in [1.29, 1.82) is 0 Å². The Hall–Kier alpha value is -2.19. The molecule has 8 heteroatoms. The summed E-state index contributed by atoms with van der Waals surface area (Å²) in [4.78, 5) is 26.4. The van der Waals surface area contributed by atoms with Crippen LogP contribution >= 0.6 is 12.6 Å². The molecule has 2 aliphatic heterocycles. The average Bonchev–Trinajstić information content (AvgIpc) is 3.11. The maximum atomic E-state index is 12.2. The van der Waals surface area contributed by atoms with Crippen molar-refractivity contribution in [2.24, 2.45) is 5.92 Å². The number of amides is 1. The Morgan fingerprint density at radius 2 is 2.22 bits per heavy atom. The number of carbonyl (C=O) groups is 2. The van der Waals surface area contributed by atoms with E-state index < -0.39 is 6.10 Å². The SMILES string of the molecule is CC(=O)O[C@H]1C=CC2C3Cc4c(CCC(=O)NCCS)cc(O)c5c4[C@@]2(CCN3C)[C@H]1O5. The smallest absolute Gasteiger partial charge is 0.303 e. The number of likely N-dealkylation sites (tertiary alicyclic amines) is 1. The van der Waals surface area contributed by atoms with Gasteiger partial charge in [0, 0.05) is 48.6 Å². The Bertz CT molecular complexity index is 995. The standard InChI is InChI=1S/C24H30N2O5S/c1-13(27)30-19-5-4-16-17-12-15-14(3-6-20(29)25-8-10-32)11-18(28)22-21(15)24(16,23(19)31-22)7-9-26(17)2/h4-5,11,16-17,19,23,28,32H,3,6-10,12H2,1-2H3,(H,25,29)/t16?,17?,19-,23-,24-/m0/s1. The molecule has 5 atom stereocenters. The Morgan fingerprint density at radius 1 is 1.41 bits per heavy atom. The lowest BCUT2D eigenvalue weighted by Crippen LogP contribution is -2.65. The molecule has 2 bridgehead atoms. The number of piperidine rings is 1. The first kappa shape index (κ1) is 21.6. The molecule has 172 valence electrons. The maximum Gasteiger partial charge on any atom is 0.303 e. The van der Waals surface area contributed by atoms with Crippen molar-refractivity contribution >= 4 is 24.5 Å². The van der Waals surface area contributed by atoms with Gasteiger partial charge in [-0.2, -0.15) is 12.6 Å². The summed E-state index contributed by atoms with van der Waals surface area (Å²) in [6.07, 6.45) is 5.94. The van der Waals surface area contributed by atoms with E-state index in [9.17, 15) is 14.7 Å². The second-order valence-electron chi connectivity index (χ2n) is 9.38. The van der Waals surface area contributed by atoms with Crippen LogP contribution in [0.3, 0.4) is 0 Å². The fourth-order valence-corrected chi connectivity index (χ4v) is 6.54. The van der Waals surface area contributed by atoms with E-state index in [2.05, 4.69) is 36.0 Å². The first-order valence-electron chi connectivity index (χ1n) is 11.3. The number of aromatic hydroxyl groups is 1. The second-order valence-corrected chi connectivity index (χ2v) is 9.82. The first-order valence-corrected chi connectivity index (χ1v) is 12.0. The van der Waals surface area contributed by atoms with Gasteiger partial charge < -0.3 is 24.8 Å². The molecule has 0 aromatic heterocycles. The number of phenolic OH excluding ortho intramolecular Hbond substituents is 1. The molecule has 2 heterocycles. The molecule has 1 fully saturated rings. The average molecular weight is 459 g/mol. The van der Waals surface area contributed by atoms with Gasteiger partial charge in [-0.25, -0.2) is 0 Å². The van der Waals surface area contributed by atoms with Crippen LogP contribution in [0, 0.1) is 5.92 Å². The molecule has 1 aromatic carbocycles. The molecule has 2 unspecified atom stereocenters. The number of likely N-dealkylation sites (N-methyl/N-ethyl adjacent to an activating group) is 1. The topological polar surface area (TPSA) is 88.1 Å². The predicted octanol–water partition coefficient (Wildman–Crippen LogP) is 1.75. The van der Waals surface area contributed by atoms with Gasteiger partial charge in [-0.1, -0.05) is 6.08 Å². The molecule has 0 saturated carbocycles. The lowest BCUT2D eigenvalue weighted by molar-refractivity contribution is -0.152. The van der Waals surface area contributed by atoms with Gasteiger partial charge in [0.25, 0.3) is 0 Å². The summed E-state index contributed by atoms with van der Waals surface area (Å²) < 4.78 is 12.1. The van der Waals surface area contributed by atoms with Crippen molar-refractivity contribution in [3.8, 4) is 11.5 Å². The van der Waals surface area contributed by atoms with E-state index in [0.717, 1.165) is 30.5 Å². The third kappa shape index (κ3) is 3.14. The third-order valence-corrected chi connectivity index (χ3v) is 7.93. The van der Waals surface area contributed by atoms with Crippen LogP contribution in [0.25, 0.3) is 0 Å². The van der Waals surface area contributed by atoms with Gasteiger partial charge in [0.1, 0.15) is 6.10 Å². The maximum absolute atomic E-state index is 12.2.